The molecule has 2 aromatic carbocycles. The van der Waals surface area contributed by atoms with E-state index in [4.69, 9.17) is 19.5 Å². The maximum Gasteiger partial charge on any atom is 0.320 e. The maximum atomic E-state index is 11.8. The van der Waals surface area contributed by atoms with E-state index in [1.807, 2.05) is 25.1 Å². The summed E-state index contributed by atoms with van der Waals surface area (Å²) in [5.74, 6) is 0.243. The maximum absolute atomic E-state index is 11.8. The third-order valence-corrected chi connectivity index (χ3v) is 6.10. The number of nitrogens with one attached hydrogen (secondary N) is 1. The fourth-order valence-corrected chi connectivity index (χ4v) is 4.19. The standard InChI is InChI=1S/C28H35N3O5/c1-4-21-14-23(27(19-35-20(3)32)30-24-8-6-22(17-29)7-9-24)16-26(15-21)36-25-10-12-31(13-11-25)18-28(33)34-5-2/h6-9,14-16,25,27,30H,4-5,10-13,18-19H2,1-3H3. The summed E-state index contributed by atoms with van der Waals surface area (Å²) >= 11 is 0. The van der Waals surface area contributed by atoms with Gasteiger partial charge >= 0.3 is 11.9 Å². The Labute approximate surface area is 213 Å². The number of aryl methyl sites for hydroxylation is 1. The van der Waals surface area contributed by atoms with Crippen LogP contribution >= 0.6 is 0 Å². The van der Waals surface area contributed by atoms with Crippen LogP contribution in [0.15, 0.2) is 42.5 Å². The predicted molar refractivity (Wildman–Crippen MR) is 137 cm³/mol. The first-order valence-corrected chi connectivity index (χ1v) is 12.5. The number of rotatable bonds is 11. The molecule has 3 rings (SSSR count). The Bertz CT molecular complexity index is 1060. The molecule has 8 heteroatoms. The van der Waals surface area contributed by atoms with E-state index in [-0.39, 0.29) is 30.7 Å². The summed E-state index contributed by atoms with van der Waals surface area (Å²) < 4.78 is 16.8. The van der Waals surface area contributed by atoms with Crippen LogP contribution in [0, 0.1) is 11.3 Å². The summed E-state index contributed by atoms with van der Waals surface area (Å²) in [5, 5.41) is 12.5. The Morgan fingerprint density at radius 3 is 2.44 bits per heavy atom. The van der Waals surface area contributed by atoms with E-state index < -0.39 is 0 Å². The van der Waals surface area contributed by atoms with E-state index in [9.17, 15) is 9.59 Å². The van der Waals surface area contributed by atoms with Gasteiger partial charge in [0, 0.05) is 25.7 Å². The molecule has 2 aromatic rings. The van der Waals surface area contributed by atoms with Gasteiger partial charge in [-0.05, 0) is 73.7 Å². The zero-order chi connectivity index (χ0) is 25.9. The monoisotopic (exact) mass is 493 g/mol. The van der Waals surface area contributed by atoms with Crippen molar-refractivity contribution in [2.24, 2.45) is 0 Å². The van der Waals surface area contributed by atoms with Gasteiger partial charge in [-0.15, -0.1) is 0 Å². The van der Waals surface area contributed by atoms with Gasteiger partial charge in [0.2, 0.25) is 0 Å². The number of carbonyl (C=O) groups excluding carboxylic acids is 2. The first-order valence-electron chi connectivity index (χ1n) is 12.5. The Kier molecular flexibility index (Phi) is 10.1. The third kappa shape index (κ3) is 8.28. The van der Waals surface area contributed by atoms with E-state index in [2.05, 4.69) is 35.3 Å². The number of likely N-dealkylation sites (tertiary alicyclic amines) is 1. The fraction of sp³-hybridized carbons (Fsp3) is 0.464. The second kappa shape index (κ2) is 13.5. The molecule has 1 unspecified atom stereocenters. The van der Waals surface area contributed by atoms with Gasteiger partial charge in [0.05, 0.1) is 30.8 Å². The molecule has 0 radical (unpaired) electrons. The van der Waals surface area contributed by atoms with Gasteiger partial charge in [-0.3, -0.25) is 14.5 Å². The lowest BCUT2D eigenvalue weighted by Crippen LogP contribution is -2.41. The molecule has 0 bridgehead atoms. The number of nitriles is 1. The first kappa shape index (κ1) is 27.0. The zero-order valence-electron chi connectivity index (χ0n) is 21.3. The summed E-state index contributed by atoms with van der Waals surface area (Å²) in [6.07, 6.45) is 2.54. The predicted octanol–water partition coefficient (Wildman–Crippen LogP) is 4.24. The zero-order valence-corrected chi connectivity index (χ0v) is 21.3. The van der Waals surface area contributed by atoms with Gasteiger partial charge in [0.1, 0.15) is 18.5 Å². The van der Waals surface area contributed by atoms with Crippen LogP contribution in [0.2, 0.25) is 0 Å². The van der Waals surface area contributed by atoms with Crippen molar-refractivity contribution in [1.29, 1.82) is 5.26 Å². The highest BCUT2D eigenvalue weighted by Gasteiger charge is 2.23. The largest absolute Gasteiger partial charge is 0.490 e. The van der Waals surface area contributed by atoms with E-state index >= 15 is 0 Å². The van der Waals surface area contributed by atoms with Crippen molar-refractivity contribution in [3.63, 3.8) is 0 Å². The van der Waals surface area contributed by atoms with Gasteiger partial charge in [-0.2, -0.15) is 5.26 Å². The summed E-state index contributed by atoms with van der Waals surface area (Å²) in [6, 6.07) is 15.1. The smallest absolute Gasteiger partial charge is 0.320 e. The molecule has 1 aliphatic rings. The minimum atomic E-state index is -0.348. The number of ether oxygens (including phenoxy) is 3. The number of anilines is 1. The topological polar surface area (TPSA) is 101 Å². The summed E-state index contributed by atoms with van der Waals surface area (Å²) in [6.45, 7) is 7.72. The molecule has 192 valence electrons. The number of benzene rings is 2. The highest BCUT2D eigenvalue weighted by molar-refractivity contribution is 5.71. The lowest BCUT2D eigenvalue weighted by Gasteiger charge is -2.31. The number of carbonyl (C=O) groups is 2. The molecule has 0 saturated carbocycles. The summed E-state index contributed by atoms with van der Waals surface area (Å²) in [5.41, 5.74) is 3.48. The number of hydrogen-bond acceptors (Lipinski definition) is 8. The molecule has 36 heavy (non-hydrogen) atoms. The highest BCUT2D eigenvalue weighted by atomic mass is 16.5. The normalized spacial score (nSPS) is 14.9. The SMILES string of the molecule is CCOC(=O)CN1CCC(Oc2cc(CC)cc(C(COC(C)=O)Nc3ccc(C#N)cc3)c2)CC1. The Hall–Kier alpha value is -3.57. The second-order valence-electron chi connectivity index (χ2n) is 8.85. The van der Waals surface area contributed by atoms with E-state index in [1.54, 1.807) is 12.1 Å². The van der Waals surface area contributed by atoms with Crippen LogP contribution in [0.3, 0.4) is 0 Å². The average Bonchev–Trinajstić information content (AvgIpc) is 2.88. The van der Waals surface area contributed by atoms with E-state index in [0.717, 1.165) is 54.9 Å². The Balaban J connectivity index is 1.72. The van der Waals surface area contributed by atoms with Crippen molar-refractivity contribution in [2.75, 3.05) is 38.2 Å². The third-order valence-electron chi connectivity index (χ3n) is 6.10. The van der Waals surface area contributed by atoms with Crippen LogP contribution in [0.5, 0.6) is 5.75 Å². The Morgan fingerprint density at radius 2 is 1.83 bits per heavy atom. The highest BCUT2D eigenvalue weighted by Crippen LogP contribution is 2.28. The molecule has 1 saturated heterocycles. The van der Waals surface area contributed by atoms with Gasteiger partial charge in [-0.25, -0.2) is 0 Å². The van der Waals surface area contributed by atoms with Crippen molar-refractivity contribution in [3.8, 4) is 11.8 Å². The molecule has 1 aliphatic heterocycles. The minimum absolute atomic E-state index is 0.0572. The average molecular weight is 494 g/mol. The van der Waals surface area contributed by atoms with Gasteiger partial charge in [-0.1, -0.05) is 13.0 Å². The molecule has 1 heterocycles. The van der Waals surface area contributed by atoms with E-state index in [0.29, 0.717) is 18.7 Å². The number of nitrogens with zero attached hydrogens (tertiary/aromatic N) is 2. The van der Waals surface area contributed by atoms with Crippen LogP contribution in [-0.4, -0.2) is 55.8 Å². The van der Waals surface area contributed by atoms with Gasteiger partial charge in [0.15, 0.2) is 0 Å². The number of hydrogen-bond donors (Lipinski definition) is 1. The van der Waals surface area contributed by atoms with Crippen LogP contribution < -0.4 is 10.1 Å². The van der Waals surface area contributed by atoms with Crippen molar-refractivity contribution >= 4 is 17.6 Å². The quantitative estimate of drug-likeness (QED) is 0.464. The number of piperidine rings is 1. The van der Waals surface area contributed by atoms with E-state index in [1.165, 1.54) is 6.92 Å². The second-order valence-corrected chi connectivity index (χ2v) is 8.85. The van der Waals surface area contributed by atoms with Crippen LogP contribution in [0.4, 0.5) is 5.69 Å². The van der Waals surface area contributed by atoms with Crippen LogP contribution in [0.1, 0.15) is 56.3 Å². The van der Waals surface area contributed by atoms with Crippen molar-refractivity contribution < 1.29 is 23.8 Å². The first-order chi connectivity index (χ1) is 17.4. The lowest BCUT2D eigenvalue weighted by molar-refractivity contribution is -0.145. The molecule has 0 spiro atoms. The summed E-state index contributed by atoms with van der Waals surface area (Å²) in [7, 11) is 0. The van der Waals surface area contributed by atoms with Crippen molar-refractivity contribution in [3.05, 3.63) is 59.2 Å². The molecule has 0 amide bonds. The molecule has 1 atom stereocenters. The Morgan fingerprint density at radius 1 is 1.11 bits per heavy atom. The summed E-state index contributed by atoms with van der Waals surface area (Å²) in [4.78, 5) is 25.4. The molecular weight excluding hydrogens is 458 g/mol. The molecular formula is C28H35N3O5. The number of esters is 2. The lowest BCUT2D eigenvalue weighted by atomic mass is 10.0. The van der Waals surface area contributed by atoms with Crippen LogP contribution in [-0.2, 0) is 25.5 Å². The molecule has 0 aliphatic carbocycles. The molecule has 0 aromatic heterocycles. The van der Waals surface area contributed by atoms with Crippen LogP contribution in [0.25, 0.3) is 0 Å². The van der Waals surface area contributed by atoms with Crippen molar-refractivity contribution in [1.82, 2.24) is 4.90 Å². The minimum Gasteiger partial charge on any atom is -0.490 e. The van der Waals surface area contributed by atoms with Gasteiger partial charge in [0.25, 0.3) is 0 Å². The van der Waals surface area contributed by atoms with Crippen molar-refractivity contribution in [2.45, 2.75) is 52.2 Å². The fourth-order valence-electron chi connectivity index (χ4n) is 4.19. The molecule has 1 N–H and O–H groups in total. The van der Waals surface area contributed by atoms with Gasteiger partial charge < -0.3 is 19.5 Å². The molecule has 1 fully saturated rings. The molecule has 8 nitrogen and oxygen atoms in total.